The van der Waals surface area contributed by atoms with Crippen molar-refractivity contribution in [2.75, 3.05) is 19.6 Å². The van der Waals surface area contributed by atoms with Crippen LogP contribution in [0.3, 0.4) is 0 Å². The van der Waals surface area contributed by atoms with Gasteiger partial charge in [0.05, 0.1) is 0 Å². The summed E-state index contributed by atoms with van der Waals surface area (Å²) < 4.78 is 0. The molecule has 2 fully saturated rings. The van der Waals surface area contributed by atoms with Crippen molar-refractivity contribution in [3.8, 4) is 0 Å². The van der Waals surface area contributed by atoms with Crippen LogP contribution in [0.25, 0.3) is 0 Å². The summed E-state index contributed by atoms with van der Waals surface area (Å²) in [5.74, 6) is 0.902. The lowest BCUT2D eigenvalue weighted by Gasteiger charge is -2.34. The Morgan fingerprint density at radius 1 is 1.31 bits per heavy atom. The Kier molecular flexibility index (Phi) is 3.60. The summed E-state index contributed by atoms with van der Waals surface area (Å²) >= 11 is 0. The molecule has 1 aliphatic carbocycles. The highest BCUT2D eigenvalue weighted by molar-refractivity contribution is 5.03. The van der Waals surface area contributed by atoms with Crippen LogP contribution < -0.4 is 5.32 Å². The third-order valence-corrected chi connectivity index (χ3v) is 4.76. The maximum absolute atomic E-state index is 3.83. The first-order valence-corrected chi connectivity index (χ1v) is 7.01. The van der Waals surface area contributed by atoms with Gasteiger partial charge in [0, 0.05) is 12.1 Å². The molecule has 1 aliphatic heterocycles. The Hall–Kier alpha value is -0.0800. The molecule has 94 valence electrons. The molecule has 1 N–H and O–H groups in total. The molecule has 1 saturated carbocycles. The normalized spacial score (nSPS) is 32.6. The Balaban J connectivity index is 1.72. The van der Waals surface area contributed by atoms with Gasteiger partial charge in [-0.2, -0.15) is 0 Å². The molecule has 1 saturated heterocycles. The molecule has 0 aromatic rings. The Bertz CT molecular complexity index is 229. The first-order valence-electron chi connectivity index (χ1n) is 7.01. The van der Waals surface area contributed by atoms with Crippen LogP contribution in [0.15, 0.2) is 0 Å². The molecule has 1 heterocycles. The topological polar surface area (TPSA) is 15.3 Å². The number of rotatable bonds is 4. The Labute approximate surface area is 101 Å². The van der Waals surface area contributed by atoms with E-state index in [1.54, 1.807) is 0 Å². The van der Waals surface area contributed by atoms with Crippen molar-refractivity contribution in [2.24, 2.45) is 11.3 Å². The lowest BCUT2D eigenvalue weighted by Crippen LogP contribution is -2.43. The molecule has 2 nitrogen and oxygen atoms in total. The van der Waals surface area contributed by atoms with Gasteiger partial charge < -0.3 is 10.2 Å². The summed E-state index contributed by atoms with van der Waals surface area (Å²) in [5, 5.41) is 3.83. The molecular formula is C14H28N2. The summed E-state index contributed by atoms with van der Waals surface area (Å²) in [6.45, 7) is 13.2. The van der Waals surface area contributed by atoms with E-state index >= 15 is 0 Å². The predicted octanol–water partition coefficient (Wildman–Crippen LogP) is 2.49. The largest absolute Gasteiger partial charge is 0.311 e. The van der Waals surface area contributed by atoms with Crippen LogP contribution in [-0.4, -0.2) is 36.6 Å². The van der Waals surface area contributed by atoms with E-state index in [1.807, 2.05) is 0 Å². The zero-order chi connectivity index (χ0) is 11.8. The van der Waals surface area contributed by atoms with Crippen LogP contribution in [0.2, 0.25) is 0 Å². The smallest absolute Gasteiger partial charge is 0.0127 e. The van der Waals surface area contributed by atoms with Crippen molar-refractivity contribution < 1.29 is 0 Å². The average molecular weight is 224 g/mol. The molecule has 0 amide bonds. The fraction of sp³-hybridized carbons (Fsp3) is 1.00. The number of likely N-dealkylation sites (tertiary alicyclic amines) is 1. The van der Waals surface area contributed by atoms with Crippen LogP contribution in [0, 0.1) is 11.3 Å². The van der Waals surface area contributed by atoms with Gasteiger partial charge in [0.15, 0.2) is 0 Å². The fourth-order valence-corrected chi connectivity index (χ4v) is 2.97. The molecule has 0 bridgehead atoms. The van der Waals surface area contributed by atoms with Gasteiger partial charge in [-0.15, -0.1) is 0 Å². The summed E-state index contributed by atoms with van der Waals surface area (Å²) in [6, 6.07) is 1.50. The van der Waals surface area contributed by atoms with Gasteiger partial charge in [-0.1, -0.05) is 20.8 Å². The molecule has 2 aliphatic rings. The highest BCUT2D eigenvalue weighted by atomic mass is 15.1. The molecule has 0 spiro atoms. The van der Waals surface area contributed by atoms with E-state index in [0.717, 1.165) is 12.0 Å². The first kappa shape index (κ1) is 12.4. The second-order valence-electron chi connectivity index (χ2n) is 6.47. The maximum atomic E-state index is 3.83. The number of hydrogen-bond acceptors (Lipinski definition) is 2. The standard InChI is InChI=1S/C14H28N2/c1-5-16-8-6-12(7-9-16)11(2)15-13-10-14(13,3)4/h11-13,15H,5-10H2,1-4H3. The van der Waals surface area contributed by atoms with E-state index in [2.05, 4.69) is 37.9 Å². The van der Waals surface area contributed by atoms with Crippen LogP contribution >= 0.6 is 0 Å². The lowest BCUT2D eigenvalue weighted by atomic mass is 9.90. The minimum Gasteiger partial charge on any atom is -0.311 e. The lowest BCUT2D eigenvalue weighted by molar-refractivity contribution is 0.167. The second kappa shape index (κ2) is 4.66. The van der Waals surface area contributed by atoms with Crippen molar-refractivity contribution in [3.63, 3.8) is 0 Å². The van der Waals surface area contributed by atoms with Crippen LogP contribution in [0.5, 0.6) is 0 Å². The molecule has 0 aromatic carbocycles. The average Bonchev–Trinajstić information content (AvgIpc) is 2.86. The monoisotopic (exact) mass is 224 g/mol. The van der Waals surface area contributed by atoms with Gasteiger partial charge in [0.1, 0.15) is 0 Å². The highest BCUT2D eigenvalue weighted by Crippen LogP contribution is 2.45. The van der Waals surface area contributed by atoms with Crippen molar-refractivity contribution in [3.05, 3.63) is 0 Å². The maximum Gasteiger partial charge on any atom is 0.0127 e. The fourth-order valence-electron chi connectivity index (χ4n) is 2.97. The van der Waals surface area contributed by atoms with Crippen LogP contribution in [0.4, 0.5) is 0 Å². The third-order valence-electron chi connectivity index (χ3n) is 4.76. The first-order chi connectivity index (χ1) is 7.53. The van der Waals surface area contributed by atoms with E-state index in [9.17, 15) is 0 Å². The third kappa shape index (κ3) is 2.78. The van der Waals surface area contributed by atoms with Crippen LogP contribution in [0.1, 0.15) is 47.0 Å². The Morgan fingerprint density at radius 3 is 2.31 bits per heavy atom. The van der Waals surface area contributed by atoms with E-state index in [4.69, 9.17) is 0 Å². The number of nitrogens with zero attached hydrogens (tertiary/aromatic N) is 1. The van der Waals surface area contributed by atoms with Gasteiger partial charge >= 0.3 is 0 Å². The zero-order valence-electron chi connectivity index (χ0n) is 11.4. The zero-order valence-corrected chi connectivity index (χ0v) is 11.4. The minimum absolute atomic E-state index is 0.568. The molecule has 0 aromatic heterocycles. The van der Waals surface area contributed by atoms with Gasteiger partial charge in [-0.25, -0.2) is 0 Å². The molecule has 2 unspecified atom stereocenters. The number of nitrogens with one attached hydrogen (secondary N) is 1. The molecule has 2 atom stereocenters. The van der Waals surface area contributed by atoms with Crippen molar-refractivity contribution in [1.29, 1.82) is 0 Å². The summed E-state index contributed by atoms with van der Waals surface area (Å²) in [5.41, 5.74) is 0.568. The molecule has 0 radical (unpaired) electrons. The summed E-state index contributed by atoms with van der Waals surface area (Å²) in [6.07, 6.45) is 4.13. The van der Waals surface area contributed by atoms with Crippen molar-refractivity contribution >= 4 is 0 Å². The van der Waals surface area contributed by atoms with Crippen molar-refractivity contribution in [1.82, 2.24) is 10.2 Å². The van der Waals surface area contributed by atoms with Crippen molar-refractivity contribution in [2.45, 2.75) is 59.0 Å². The van der Waals surface area contributed by atoms with E-state index in [-0.39, 0.29) is 0 Å². The molecule has 2 rings (SSSR count). The van der Waals surface area contributed by atoms with E-state index < -0.39 is 0 Å². The van der Waals surface area contributed by atoms with Gasteiger partial charge in [-0.3, -0.25) is 0 Å². The van der Waals surface area contributed by atoms with E-state index in [0.29, 0.717) is 11.5 Å². The predicted molar refractivity (Wildman–Crippen MR) is 69.6 cm³/mol. The summed E-state index contributed by atoms with van der Waals surface area (Å²) in [7, 11) is 0. The summed E-state index contributed by atoms with van der Waals surface area (Å²) in [4.78, 5) is 2.57. The van der Waals surface area contributed by atoms with Gasteiger partial charge in [-0.05, 0) is 57.2 Å². The number of piperidine rings is 1. The second-order valence-corrected chi connectivity index (χ2v) is 6.47. The minimum atomic E-state index is 0.568. The highest BCUT2D eigenvalue weighted by Gasteiger charge is 2.46. The molecule has 2 heteroatoms. The molecular weight excluding hydrogens is 196 g/mol. The van der Waals surface area contributed by atoms with Gasteiger partial charge in [0.2, 0.25) is 0 Å². The Morgan fingerprint density at radius 2 is 1.88 bits per heavy atom. The SMILES string of the molecule is CCN1CCC(C(C)NC2CC2(C)C)CC1. The quantitative estimate of drug-likeness (QED) is 0.789. The van der Waals surface area contributed by atoms with Crippen LogP contribution in [-0.2, 0) is 0 Å². The van der Waals surface area contributed by atoms with Gasteiger partial charge in [0.25, 0.3) is 0 Å². The molecule has 16 heavy (non-hydrogen) atoms. The number of hydrogen-bond donors (Lipinski definition) is 1. The van der Waals surface area contributed by atoms with E-state index in [1.165, 1.54) is 38.9 Å².